The molecule has 0 heterocycles. The third kappa shape index (κ3) is 3.08. The van der Waals surface area contributed by atoms with Crippen LogP contribution in [0.2, 0.25) is 0 Å². The van der Waals surface area contributed by atoms with Crippen LogP contribution in [0.4, 0.5) is 0 Å². The molecule has 0 saturated carbocycles. The van der Waals surface area contributed by atoms with Gasteiger partial charge in [0.1, 0.15) is 5.84 Å². The molecule has 0 rings (SSSR count). The fourth-order valence-corrected chi connectivity index (χ4v) is 0.610. The first-order chi connectivity index (χ1) is 4.22. The first kappa shape index (κ1) is 8.43. The predicted molar refractivity (Wildman–Crippen MR) is 41.4 cm³/mol. The van der Waals surface area contributed by atoms with E-state index in [0.717, 1.165) is 0 Å². The van der Waals surface area contributed by atoms with Gasteiger partial charge in [0.15, 0.2) is 0 Å². The van der Waals surface area contributed by atoms with Gasteiger partial charge in [0, 0.05) is 20.8 Å². The van der Waals surface area contributed by atoms with Gasteiger partial charge in [-0.05, 0) is 0 Å². The van der Waals surface area contributed by atoms with Gasteiger partial charge < -0.3 is 4.90 Å². The topological polar surface area (TPSA) is 28.0 Å². The maximum absolute atomic E-state index is 5.48. The van der Waals surface area contributed by atoms with Crippen molar-refractivity contribution in [2.45, 2.75) is 0 Å². The van der Waals surface area contributed by atoms with Crippen LogP contribution in [0.15, 0.2) is 10.2 Å². The lowest BCUT2D eigenvalue weighted by molar-refractivity contribution is 0.616. The van der Waals surface area contributed by atoms with Gasteiger partial charge in [0.2, 0.25) is 0 Å². The summed E-state index contributed by atoms with van der Waals surface area (Å²) in [5.74, 6) is 1.08. The van der Waals surface area contributed by atoms with Gasteiger partial charge in [-0.1, -0.05) is 0 Å². The summed E-state index contributed by atoms with van der Waals surface area (Å²) in [4.78, 5) is 1.79. The minimum atomic E-state index is 0.367. The molecule has 0 bridgehead atoms. The number of halogens is 1. The highest BCUT2D eigenvalue weighted by atomic mass is 35.5. The number of hydrogen-bond donors (Lipinski definition) is 0. The minimum Gasteiger partial charge on any atom is -0.364 e. The van der Waals surface area contributed by atoms with E-state index in [0.29, 0.717) is 11.7 Å². The van der Waals surface area contributed by atoms with E-state index >= 15 is 0 Å². The molecule has 0 saturated heterocycles. The Morgan fingerprint density at radius 1 is 1.67 bits per heavy atom. The molecule has 0 radical (unpaired) electrons. The minimum absolute atomic E-state index is 0.367. The summed E-state index contributed by atoms with van der Waals surface area (Å²) in [6.45, 7) is 3.21. The maximum Gasteiger partial charge on any atom is 0.141 e. The number of hydrogen-bond acceptors (Lipinski definition) is 2. The molecular formula is C5H10ClN3. The SMILES string of the molecule is C=NN=C(CCl)N(C)C. The van der Waals surface area contributed by atoms with Gasteiger partial charge in [-0.15, -0.1) is 16.7 Å². The summed E-state index contributed by atoms with van der Waals surface area (Å²) in [6, 6.07) is 0. The zero-order valence-electron chi connectivity index (χ0n) is 5.63. The van der Waals surface area contributed by atoms with E-state index in [1.54, 1.807) is 4.90 Å². The molecule has 0 aromatic rings. The smallest absolute Gasteiger partial charge is 0.141 e. The normalized spacial score (nSPS) is 11.2. The molecular weight excluding hydrogens is 138 g/mol. The number of amidine groups is 1. The largest absolute Gasteiger partial charge is 0.364 e. The number of alkyl halides is 1. The summed E-state index contributed by atoms with van der Waals surface area (Å²) < 4.78 is 0. The van der Waals surface area contributed by atoms with E-state index in [1.165, 1.54) is 0 Å². The van der Waals surface area contributed by atoms with Crippen LogP contribution in [-0.2, 0) is 0 Å². The summed E-state index contributed by atoms with van der Waals surface area (Å²) in [5, 5.41) is 7.01. The van der Waals surface area contributed by atoms with Gasteiger partial charge in [0.05, 0.1) is 5.88 Å². The van der Waals surface area contributed by atoms with E-state index in [-0.39, 0.29) is 0 Å². The average molecular weight is 148 g/mol. The Bertz CT molecular complexity index is 119. The molecule has 0 spiro atoms. The van der Waals surface area contributed by atoms with Gasteiger partial charge in [-0.25, -0.2) is 0 Å². The third-order valence-electron chi connectivity index (χ3n) is 0.822. The average Bonchev–Trinajstić information content (AvgIpc) is 1.82. The molecule has 0 amide bonds. The van der Waals surface area contributed by atoms with Crippen molar-refractivity contribution in [2.75, 3.05) is 20.0 Å². The molecule has 0 aromatic carbocycles. The first-order valence-electron chi connectivity index (χ1n) is 2.48. The van der Waals surface area contributed by atoms with E-state index in [4.69, 9.17) is 11.6 Å². The van der Waals surface area contributed by atoms with Crippen LogP contribution in [0.3, 0.4) is 0 Å². The van der Waals surface area contributed by atoms with Crippen molar-refractivity contribution >= 4 is 24.2 Å². The van der Waals surface area contributed by atoms with Gasteiger partial charge in [0.25, 0.3) is 0 Å². The van der Waals surface area contributed by atoms with Crippen molar-refractivity contribution in [3.05, 3.63) is 0 Å². The lowest BCUT2D eigenvalue weighted by Gasteiger charge is -2.10. The van der Waals surface area contributed by atoms with Crippen LogP contribution >= 0.6 is 11.6 Å². The van der Waals surface area contributed by atoms with Crippen molar-refractivity contribution in [2.24, 2.45) is 10.2 Å². The Morgan fingerprint density at radius 3 is 2.33 bits per heavy atom. The maximum atomic E-state index is 5.48. The molecule has 9 heavy (non-hydrogen) atoms. The molecule has 0 aliphatic heterocycles. The monoisotopic (exact) mass is 147 g/mol. The highest BCUT2D eigenvalue weighted by Crippen LogP contribution is 1.87. The highest BCUT2D eigenvalue weighted by Gasteiger charge is 1.96. The Balaban J connectivity index is 3.96. The zero-order valence-corrected chi connectivity index (χ0v) is 6.39. The van der Waals surface area contributed by atoms with Crippen LogP contribution in [0, 0.1) is 0 Å². The number of nitrogens with zero attached hydrogens (tertiary/aromatic N) is 3. The first-order valence-corrected chi connectivity index (χ1v) is 3.01. The fraction of sp³-hybridized carbons (Fsp3) is 0.600. The summed E-state index contributed by atoms with van der Waals surface area (Å²) in [7, 11) is 3.71. The van der Waals surface area contributed by atoms with Crippen LogP contribution in [0.25, 0.3) is 0 Å². The standard InChI is InChI=1S/C5H10ClN3/c1-7-8-5(4-6)9(2)3/h1,4H2,2-3H3. The molecule has 0 unspecified atom stereocenters. The second-order valence-corrected chi connectivity index (χ2v) is 1.95. The predicted octanol–water partition coefficient (Wildman–Crippen LogP) is 0.801. The van der Waals surface area contributed by atoms with E-state index in [9.17, 15) is 0 Å². The van der Waals surface area contributed by atoms with E-state index in [2.05, 4.69) is 16.9 Å². The molecule has 3 nitrogen and oxygen atoms in total. The number of rotatable bonds is 2. The van der Waals surface area contributed by atoms with Crippen molar-refractivity contribution in [3.8, 4) is 0 Å². The fourth-order valence-electron chi connectivity index (χ4n) is 0.317. The van der Waals surface area contributed by atoms with Crippen LogP contribution in [-0.4, -0.2) is 37.4 Å². The van der Waals surface area contributed by atoms with Crippen molar-refractivity contribution in [3.63, 3.8) is 0 Å². The van der Waals surface area contributed by atoms with Crippen LogP contribution in [0.5, 0.6) is 0 Å². The Labute approximate surface area is 60.0 Å². The molecule has 4 heteroatoms. The second kappa shape index (κ2) is 4.32. The molecule has 0 aliphatic rings. The summed E-state index contributed by atoms with van der Waals surface area (Å²) in [6.07, 6.45) is 0. The van der Waals surface area contributed by atoms with Crippen molar-refractivity contribution in [1.82, 2.24) is 4.90 Å². The van der Waals surface area contributed by atoms with Crippen molar-refractivity contribution in [1.29, 1.82) is 0 Å². The Hall–Kier alpha value is -0.570. The summed E-state index contributed by atoms with van der Waals surface area (Å²) in [5.41, 5.74) is 0. The Morgan fingerprint density at radius 2 is 2.22 bits per heavy atom. The highest BCUT2D eigenvalue weighted by molar-refractivity contribution is 6.28. The Kier molecular flexibility index (Phi) is 4.05. The van der Waals surface area contributed by atoms with Gasteiger partial charge >= 0.3 is 0 Å². The molecule has 52 valence electrons. The van der Waals surface area contributed by atoms with E-state index in [1.807, 2.05) is 14.1 Å². The van der Waals surface area contributed by atoms with Crippen LogP contribution in [0.1, 0.15) is 0 Å². The lowest BCUT2D eigenvalue weighted by Crippen LogP contribution is -2.22. The summed E-state index contributed by atoms with van der Waals surface area (Å²) >= 11 is 5.48. The van der Waals surface area contributed by atoms with Crippen LogP contribution < -0.4 is 0 Å². The molecule has 0 aliphatic carbocycles. The second-order valence-electron chi connectivity index (χ2n) is 1.69. The quantitative estimate of drug-likeness (QED) is 0.246. The van der Waals surface area contributed by atoms with E-state index < -0.39 is 0 Å². The third-order valence-corrected chi connectivity index (χ3v) is 1.06. The molecule has 0 fully saturated rings. The molecule has 0 N–H and O–H groups in total. The zero-order chi connectivity index (χ0) is 7.28. The lowest BCUT2D eigenvalue weighted by atomic mass is 10.6. The van der Waals surface area contributed by atoms with Gasteiger partial charge in [-0.2, -0.15) is 5.10 Å². The van der Waals surface area contributed by atoms with Crippen molar-refractivity contribution < 1.29 is 0 Å². The molecule has 0 atom stereocenters. The van der Waals surface area contributed by atoms with Gasteiger partial charge in [-0.3, -0.25) is 0 Å². The molecule has 0 aromatic heterocycles.